The van der Waals surface area contributed by atoms with Crippen LogP contribution in [0.5, 0.6) is 5.75 Å². The van der Waals surface area contributed by atoms with Gasteiger partial charge in [-0.1, -0.05) is 48.5 Å². The molecule has 152 valence electrons. The van der Waals surface area contributed by atoms with Gasteiger partial charge in [-0.3, -0.25) is 4.79 Å². The van der Waals surface area contributed by atoms with Crippen LogP contribution in [-0.4, -0.2) is 29.0 Å². The minimum atomic E-state index is -0.788. The highest BCUT2D eigenvalue weighted by Gasteiger charge is 2.36. The van der Waals surface area contributed by atoms with Crippen molar-refractivity contribution in [1.82, 2.24) is 10.2 Å². The Bertz CT molecular complexity index is 1200. The Morgan fingerprint density at radius 1 is 1.03 bits per heavy atom. The van der Waals surface area contributed by atoms with Gasteiger partial charge in [-0.15, -0.1) is 0 Å². The standard InChI is InChI=1S/C24H23N3O3/c1-14-8-4-7-11-18(14)25-23(29)20-15(2)27(3)24(30)26-22(20)21-17-10-6-5-9-16(17)12-13-19(21)28/h4-13,22,28H,1-3H3,(H,25,29)(H,26,30)/t22-/m0/s1. The summed E-state index contributed by atoms with van der Waals surface area (Å²) in [6, 6.07) is 17.4. The van der Waals surface area contributed by atoms with Crippen molar-refractivity contribution in [2.24, 2.45) is 0 Å². The summed E-state index contributed by atoms with van der Waals surface area (Å²) in [4.78, 5) is 27.4. The van der Waals surface area contributed by atoms with Crippen molar-refractivity contribution in [2.75, 3.05) is 12.4 Å². The van der Waals surface area contributed by atoms with Crippen LogP contribution in [0.1, 0.15) is 24.1 Å². The number of aromatic hydroxyl groups is 1. The van der Waals surface area contributed by atoms with Gasteiger partial charge in [-0.2, -0.15) is 0 Å². The minimum absolute atomic E-state index is 0.0255. The zero-order valence-corrected chi connectivity index (χ0v) is 17.1. The summed E-state index contributed by atoms with van der Waals surface area (Å²) >= 11 is 0. The molecular weight excluding hydrogens is 378 g/mol. The molecule has 30 heavy (non-hydrogen) atoms. The first kappa shape index (κ1) is 19.5. The Balaban J connectivity index is 1.87. The zero-order chi connectivity index (χ0) is 21.4. The summed E-state index contributed by atoms with van der Waals surface area (Å²) in [5, 5.41) is 18.2. The van der Waals surface area contributed by atoms with Crippen LogP contribution >= 0.6 is 0 Å². The zero-order valence-electron chi connectivity index (χ0n) is 17.1. The van der Waals surface area contributed by atoms with E-state index in [2.05, 4.69) is 10.6 Å². The second kappa shape index (κ2) is 7.55. The fraction of sp³-hybridized carbons (Fsp3) is 0.167. The number of nitrogens with one attached hydrogen (secondary N) is 2. The number of hydrogen-bond donors (Lipinski definition) is 3. The van der Waals surface area contributed by atoms with Crippen molar-refractivity contribution < 1.29 is 14.7 Å². The summed E-state index contributed by atoms with van der Waals surface area (Å²) in [7, 11) is 1.62. The van der Waals surface area contributed by atoms with E-state index in [-0.39, 0.29) is 17.7 Å². The lowest BCUT2D eigenvalue weighted by atomic mass is 9.89. The minimum Gasteiger partial charge on any atom is -0.508 e. The molecule has 3 amide bonds. The van der Waals surface area contributed by atoms with Gasteiger partial charge in [0.2, 0.25) is 0 Å². The monoisotopic (exact) mass is 401 g/mol. The first-order chi connectivity index (χ1) is 14.4. The van der Waals surface area contributed by atoms with Gasteiger partial charge in [0, 0.05) is 24.0 Å². The third kappa shape index (κ3) is 3.26. The van der Waals surface area contributed by atoms with Crippen molar-refractivity contribution >= 4 is 28.4 Å². The molecule has 3 aromatic carbocycles. The number of rotatable bonds is 3. The number of nitrogens with zero attached hydrogens (tertiary/aromatic N) is 1. The first-order valence-electron chi connectivity index (χ1n) is 9.71. The highest BCUT2D eigenvalue weighted by Crippen LogP contribution is 2.39. The lowest BCUT2D eigenvalue weighted by Gasteiger charge is -2.34. The van der Waals surface area contributed by atoms with Gasteiger partial charge >= 0.3 is 6.03 Å². The number of phenols is 1. The number of carbonyl (C=O) groups is 2. The van der Waals surface area contributed by atoms with Crippen molar-refractivity contribution in [2.45, 2.75) is 19.9 Å². The van der Waals surface area contributed by atoms with Crippen molar-refractivity contribution in [3.63, 3.8) is 0 Å². The van der Waals surface area contributed by atoms with Gasteiger partial charge in [0.15, 0.2) is 0 Å². The number of benzene rings is 3. The molecule has 1 aliphatic heterocycles. The number of para-hydroxylation sites is 1. The van der Waals surface area contributed by atoms with Crippen LogP contribution in [0.25, 0.3) is 10.8 Å². The van der Waals surface area contributed by atoms with Crippen molar-refractivity contribution in [3.8, 4) is 5.75 Å². The van der Waals surface area contributed by atoms with E-state index < -0.39 is 6.04 Å². The predicted octanol–water partition coefficient (Wildman–Crippen LogP) is 4.46. The average Bonchev–Trinajstić information content (AvgIpc) is 2.73. The molecule has 1 aliphatic rings. The number of fused-ring (bicyclic) bond motifs is 1. The molecule has 0 bridgehead atoms. The van der Waals surface area contributed by atoms with Gasteiger partial charge in [0.1, 0.15) is 5.75 Å². The van der Waals surface area contributed by atoms with Crippen molar-refractivity contribution in [3.05, 3.63) is 83.1 Å². The van der Waals surface area contributed by atoms with Gasteiger partial charge in [-0.25, -0.2) is 4.79 Å². The second-order valence-electron chi connectivity index (χ2n) is 7.43. The summed E-state index contributed by atoms with van der Waals surface area (Å²) in [5.41, 5.74) is 3.04. The molecule has 6 heteroatoms. The highest BCUT2D eigenvalue weighted by molar-refractivity contribution is 6.08. The SMILES string of the molecule is CC1=C(C(=O)Nc2ccccc2C)[C@@H](c2c(O)ccc3ccccc23)NC(=O)N1C. The lowest BCUT2D eigenvalue weighted by molar-refractivity contribution is -0.113. The molecule has 0 radical (unpaired) electrons. The summed E-state index contributed by atoms with van der Waals surface area (Å²) in [5.74, 6) is -0.302. The number of allylic oxidation sites excluding steroid dienone is 1. The molecule has 0 saturated carbocycles. The number of carbonyl (C=O) groups excluding carboxylic acids is 2. The molecule has 6 nitrogen and oxygen atoms in total. The van der Waals surface area contributed by atoms with Crippen molar-refractivity contribution in [1.29, 1.82) is 0 Å². The molecule has 0 unspecified atom stereocenters. The van der Waals surface area contributed by atoms with E-state index in [9.17, 15) is 14.7 Å². The first-order valence-corrected chi connectivity index (χ1v) is 9.71. The maximum absolute atomic E-state index is 13.4. The molecule has 0 aliphatic carbocycles. The van der Waals surface area contributed by atoms with Gasteiger partial charge in [0.25, 0.3) is 5.91 Å². The highest BCUT2D eigenvalue weighted by atomic mass is 16.3. The number of amides is 3. The van der Waals surface area contributed by atoms with Gasteiger partial charge in [-0.05, 0) is 42.3 Å². The average molecular weight is 401 g/mol. The quantitative estimate of drug-likeness (QED) is 0.606. The summed E-state index contributed by atoms with van der Waals surface area (Å²) in [6.07, 6.45) is 0. The Morgan fingerprint density at radius 3 is 2.50 bits per heavy atom. The third-order valence-corrected chi connectivity index (χ3v) is 5.63. The molecule has 3 N–H and O–H groups in total. The third-order valence-electron chi connectivity index (χ3n) is 5.63. The van der Waals surface area contributed by atoms with Crippen LogP contribution in [0.15, 0.2) is 71.9 Å². The Labute approximate surface area is 174 Å². The van der Waals surface area contributed by atoms with E-state index in [1.165, 1.54) is 4.90 Å². The van der Waals surface area contributed by atoms with Crippen LogP contribution in [0, 0.1) is 6.92 Å². The van der Waals surface area contributed by atoms with Crippen LogP contribution in [-0.2, 0) is 4.79 Å². The summed E-state index contributed by atoms with van der Waals surface area (Å²) < 4.78 is 0. The fourth-order valence-corrected chi connectivity index (χ4v) is 3.84. The van der Waals surface area contributed by atoms with E-state index in [1.807, 2.05) is 61.5 Å². The smallest absolute Gasteiger partial charge is 0.322 e. The normalized spacial score (nSPS) is 16.6. The molecule has 0 spiro atoms. The molecule has 0 aromatic heterocycles. The number of hydrogen-bond acceptors (Lipinski definition) is 3. The second-order valence-corrected chi connectivity index (χ2v) is 7.43. The molecule has 4 rings (SSSR count). The lowest BCUT2D eigenvalue weighted by Crippen LogP contribution is -2.46. The van der Waals surface area contributed by atoms with E-state index in [0.29, 0.717) is 22.5 Å². The molecule has 1 heterocycles. The topological polar surface area (TPSA) is 81.7 Å². The van der Waals surface area contributed by atoms with E-state index in [0.717, 1.165) is 16.3 Å². The number of aryl methyl sites for hydroxylation is 1. The summed E-state index contributed by atoms with van der Waals surface area (Å²) in [6.45, 7) is 3.65. The predicted molar refractivity (Wildman–Crippen MR) is 117 cm³/mol. The maximum Gasteiger partial charge on any atom is 0.322 e. The Morgan fingerprint density at radius 2 is 1.73 bits per heavy atom. The molecular formula is C24H23N3O3. The molecule has 0 fully saturated rings. The Kier molecular flexibility index (Phi) is 4.91. The molecule has 1 atom stereocenters. The van der Waals surface area contributed by atoms with Gasteiger partial charge in [0.05, 0.1) is 11.6 Å². The number of anilines is 1. The van der Waals surface area contributed by atoms with Crippen LogP contribution in [0.2, 0.25) is 0 Å². The number of urea groups is 1. The fourth-order valence-electron chi connectivity index (χ4n) is 3.84. The van der Waals surface area contributed by atoms with Gasteiger partial charge < -0.3 is 20.6 Å². The maximum atomic E-state index is 13.4. The number of phenolic OH excluding ortho intramolecular Hbond substituents is 1. The molecule has 3 aromatic rings. The van der Waals surface area contributed by atoms with Crippen LogP contribution in [0.4, 0.5) is 10.5 Å². The van der Waals surface area contributed by atoms with E-state index in [1.54, 1.807) is 20.0 Å². The molecule has 0 saturated heterocycles. The Hall–Kier alpha value is -3.80. The van der Waals surface area contributed by atoms with E-state index in [4.69, 9.17) is 0 Å². The van der Waals surface area contributed by atoms with E-state index >= 15 is 0 Å². The van der Waals surface area contributed by atoms with Crippen LogP contribution in [0.3, 0.4) is 0 Å². The van der Waals surface area contributed by atoms with Crippen LogP contribution < -0.4 is 10.6 Å². The largest absolute Gasteiger partial charge is 0.508 e.